The molecule has 0 saturated heterocycles. The van der Waals surface area contributed by atoms with E-state index in [1.807, 2.05) is 12.1 Å². The number of nitro benzene ring substituents is 1. The first-order chi connectivity index (χ1) is 15.9. The van der Waals surface area contributed by atoms with Crippen molar-refractivity contribution in [3.05, 3.63) is 63.5 Å². The van der Waals surface area contributed by atoms with E-state index in [2.05, 4.69) is 59.8 Å². The van der Waals surface area contributed by atoms with Gasteiger partial charge in [-0.05, 0) is 47.5 Å². The Bertz CT molecular complexity index is 1350. The molecule has 2 aromatic heterocycles. The zero-order valence-electron chi connectivity index (χ0n) is 17.9. The molecule has 4 aromatic rings. The van der Waals surface area contributed by atoms with E-state index in [9.17, 15) is 10.1 Å². The normalized spacial score (nSPS) is 10.9. The van der Waals surface area contributed by atoms with Gasteiger partial charge >= 0.3 is 0 Å². The van der Waals surface area contributed by atoms with E-state index in [-0.39, 0.29) is 11.6 Å². The van der Waals surface area contributed by atoms with Crippen LogP contribution in [0, 0.1) is 10.1 Å². The van der Waals surface area contributed by atoms with Crippen molar-refractivity contribution >= 4 is 69.0 Å². The molecule has 33 heavy (non-hydrogen) atoms. The van der Waals surface area contributed by atoms with Gasteiger partial charge in [-0.1, -0.05) is 7.92 Å². The Morgan fingerprint density at radius 2 is 1.85 bits per heavy atom. The molecule has 0 saturated carbocycles. The summed E-state index contributed by atoms with van der Waals surface area (Å²) in [5, 5.41) is 18.6. The molecule has 2 aromatic carbocycles. The number of ether oxygens (including phenoxy) is 1. The van der Waals surface area contributed by atoms with Crippen LogP contribution in [-0.4, -0.2) is 45.3 Å². The second-order valence-electron chi connectivity index (χ2n) is 7.06. The number of aromatic nitrogens is 4. The van der Waals surface area contributed by atoms with Crippen LogP contribution < -0.4 is 20.7 Å². The Labute approximate surface area is 198 Å². The van der Waals surface area contributed by atoms with E-state index in [0.29, 0.717) is 21.7 Å². The van der Waals surface area contributed by atoms with Crippen molar-refractivity contribution in [2.45, 2.75) is 0 Å². The number of non-ortho nitro benzene ring substituents is 1. The average molecular weight is 528 g/mol. The smallest absolute Gasteiger partial charge is 0.271 e. The van der Waals surface area contributed by atoms with Crippen LogP contribution in [0.15, 0.2) is 53.4 Å². The van der Waals surface area contributed by atoms with Crippen molar-refractivity contribution in [1.29, 1.82) is 0 Å². The average Bonchev–Trinajstić information content (AvgIpc) is 2.80. The van der Waals surface area contributed by atoms with Gasteiger partial charge in [0.05, 0.1) is 33.2 Å². The molecule has 0 unspecified atom stereocenters. The van der Waals surface area contributed by atoms with Crippen LogP contribution in [0.3, 0.4) is 0 Å². The molecule has 0 spiro atoms. The SMILES string of the molecule is COc1ccc([N+](=O)[O-])cc1Nc1ncc(Br)c(Nc2ccc3nccnc3c2P(C)C)n1. The maximum atomic E-state index is 11.2. The van der Waals surface area contributed by atoms with E-state index < -0.39 is 12.8 Å². The van der Waals surface area contributed by atoms with Crippen molar-refractivity contribution < 1.29 is 9.66 Å². The van der Waals surface area contributed by atoms with Gasteiger partial charge in [0.2, 0.25) is 5.95 Å². The Balaban J connectivity index is 1.71. The first-order valence-electron chi connectivity index (χ1n) is 9.67. The first-order valence-corrected chi connectivity index (χ1v) is 12.7. The lowest BCUT2D eigenvalue weighted by Gasteiger charge is -2.17. The summed E-state index contributed by atoms with van der Waals surface area (Å²) in [5.41, 5.74) is 2.86. The van der Waals surface area contributed by atoms with Crippen molar-refractivity contribution in [2.75, 3.05) is 31.1 Å². The Hall–Kier alpha value is -3.43. The highest BCUT2D eigenvalue weighted by molar-refractivity contribution is 9.10. The minimum atomic E-state index is -0.506. The van der Waals surface area contributed by atoms with Gasteiger partial charge in [-0.15, -0.1) is 0 Å². The zero-order chi connectivity index (χ0) is 23.5. The summed E-state index contributed by atoms with van der Waals surface area (Å²) < 4.78 is 5.96. The monoisotopic (exact) mass is 527 g/mol. The molecule has 12 heteroatoms. The summed E-state index contributed by atoms with van der Waals surface area (Å²) >= 11 is 3.49. The summed E-state index contributed by atoms with van der Waals surface area (Å²) in [4.78, 5) is 28.5. The number of hydrogen-bond donors (Lipinski definition) is 2. The molecule has 0 radical (unpaired) electrons. The van der Waals surface area contributed by atoms with Gasteiger partial charge in [0, 0.05) is 41.7 Å². The quantitative estimate of drug-likeness (QED) is 0.195. The highest BCUT2D eigenvalue weighted by Crippen LogP contribution is 2.35. The van der Waals surface area contributed by atoms with E-state index in [1.54, 1.807) is 18.6 Å². The second-order valence-corrected chi connectivity index (χ2v) is 10.2. The van der Waals surface area contributed by atoms with Crippen molar-refractivity contribution in [1.82, 2.24) is 19.9 Å². The predicted octanol–water partition coefficient (Wildman–Crippen LogP) is 4.95. The predicted molar refractivity (Wildman–Crippen MR) is 134 cm³/mol. The number of methoxy groups -OCH3 is 1. The maximum Gasteiger partial charge on any atom is 0.271 e. The van der Waals surface area contributed by atoms with Crippen LogP contribution >= 0.6 is 23.9 Å². The topological polar surface area (TPSA) is 128 Å². The van der Waals surface area contributed by atoms with Gasteiger partial charge < -0.3 is 15.4 Å². The third-order valence-corrected chi connectivity index (χ3v) is 6.63. The van der Waals surface area contributed by atoms with Crippen LogP contribution in [-0.2, 0) is 0 Å². The highest BCUT2D eigenvalue weighted by Gasteiger charge is 2.16. The van der Waals surface area contributed by atoms with E-state index in [0.717, 1.165) is 22.0 Å². The minimum absolute atomic E-state index is 0.0741. The van der Waals surface area contributed by atoms with Gasteiger partial charge in [0.15, 0.2) is 0 Å². The van der Waals surface area contributed by atoms with Crippen LogP contribution in [0.1, 0.15) is 0 Å². The molecule has 0 amide bonds. The molecule has 168 valence electrons. The van der Waals surface area contributed by atoms with Crippen molar-refractivity contribution in [2.24, 2.45) is 0 Å². The molecule has 4 rings (SSSR count). The molecule has 0 aliphatic heterocycles. The fraction of sp³-hybridized carbons (Fsp3) is 0.143. The molecular weight excluding hydrogens is 509 g/mol. The van der Waals surface area contributed by atoms with E-state index in [1.165, 1.54) is 25.3 Å². The molecular formula is C21H19BrN7O3P. The molecule has 0 bridgehead atoms. The molecule has 0 fully saturated rings. The van der Waals surface area contributed by atoms with Gasteiger partial charge in [-0.25, -0.2) is 4.98 Å². The molecule has 2 N–H and O–H groups in total. The van der Waals surface area contributed by atoms with E-state index in [4.69, 9.17) is 4.74 Å². The number of nitro groups is 1. The lowest BCUT2D eigenvalue weighted by atomic mass is 10.2. The summed E-state index contributed by atoms with van der Waals surface area (Å²) in [6.07, 6.45) is 4.96. The third kappa shape index (κ3) is 4.84. The van der Waals surface area contributed by atoms with Gasteiger partial charge in [-0.2, -0.15) is 4.98 Å². The molecule has 10 nitrogen and oxygen atoms in total. The third-order valence-electron chi connectivity index (χ3n) is 4.70. The van der Waals surface area contributed by atoms with Crippen LogP contribution in [0.4, 0.5) is 28.8 Å². The van der Waals surface area contributed by atoms with Crippen LogP contribution in [0.2, 0.25) is 0 Å². The van der Waals surface area contributed by atoms with Crippen molar-refractivity contribution in [3.8, 4) is 5.75 Å². The number of benzene rings is 2. The zero-order valence-corrected chi connectivity index (χ0v) is 20.4. The Morgan fingerprint density at radius 3 is 2.58 bits per heavy atom. The number of anilines is 4. The number of fused-ring (bicyclic) bond motifs is 1. The van der Waals surface area contributed by atoms with Crippen LogP contribution in [0.5, 0.6) is 5.75 Å². The Kier molecular flexibility index (Phi) is 6.62. The lowest BCUT2D eigenvalue weighted by Crippen LogP contribution is -2.12. The largest absolute Gasteiger partial charge is 0.495 e. The summed E-state index contributed by atoms with van der Waals surface area (Å²) in [6.45, 7) is 4.31. The van der Waals surface area contributed by atoms with Crippen molar-refractivity contribution in [3.63, 3.8) is 0 Å². The number of nitrogens with one attached hydrogen (secondary N) is 2. The number of nitrogens with zero attached hydrogens (tertiary/aromatic N) is 5. The van der Waals surface area contributed by atoms with Crippen LogP contribution in [0.25, 0.3) is 11.0 Å². The highest BCUT2D eigenvalue weighted by atomic mass is 79.9. The molecule has 0 aliphatic rings. The maximum absolute atomic E-state index is 11.2. The summed E-state index contributed by atoms with van der Waals surface area (Å²) in [6, 6.07) is 8.14. The Morgan fingerprint density at radius 1 is 1.06 bits per heavy atom. The molecule has 0 atom stereocenters. The molecule has 2 heterocycles. The second kappa shape index (κ2) is 9.60. The number of rotatable bonds is 7. The van der Waals surface area contributed by atoms with E-state index >= 15 is 0 Å². The molecule has 0 aliphatic carbocycles. The fourth-order valence-electron chi connectivity index (χ4n) is 3.25. The minimum Gasteiger partial charge on any atom is -0.495 e. The first kappa shape index (κ1) is 22.8. The van der Waals surface area contributed by atoms with Gasteiger partial charge in [0.1, 0.15) is 11.6 Å². The lowest BCUT2D eigenvalue weighted by molar-refractivity contribution is -0.384. The number of hydrogen-bond acceptors (Lipinski definition) is 9. The van der Waals surface area contributed by atoms with Gasteiger partial charge in [-0.3, -0.25) is 20.1 Å². The number of halogens is 1. The fourth-order valence-corrected chi connectivity index (χ4v) is 4.74. The van der Waals surface area contributed by atoms with Gasteiger partial charge in [0.25, 0.3) is 5.69 Å². The summed E-state index contributed by atoms with van der Waals surface area (Å²) in [7, 11) is 0.980. The standard InChI is InChI=1S/C21H19BrN7O3P/c1-32-17-7-4-12(29(30)31)10-16(17)27-21-25-11-13(22)20(28-21)26-15-6-5-14-18(19(15)33(2)3)24-9-8-23-14/h4-11H,1-3H3,(H2,25,26,27,28). The summed E-state index contributed by atoms with van der Waals surface area (Å²) in [5.74, 6) is 1.20.